The number of nitrogens with zero attached hydrogens (tertiary/aromatic N) is 2. The maximum atomic E-state index is 13.6. The predicted octanol–water partition coefficient (Wildman–Crippen LogP) is 5.70. The Morgan fingerprint density at radius 2 is 1.97 bits per heavy atom. The largest absolute Gasteiger partial charge is 0.443 e. The minimum atomic E-state index is -1.73. The van der Waals surface area contributed by atoms with Crippen molar-refractivity contribution in [2.75, 3.05) is 19.0 Å². The molecule has 2 N–H and O–H groups in total. The Balaban J connectivity index is 1.50. The average Bonchev–Trinajstić information content (AvgIpc) is 3.33. The summed E-state index contributed by atoms with van der Waals surface area (Å²) in [5, 5.41) is 10.4. The lowest BCUT2D eigenvalue weighted by Gasteiger charge is -2.48. The van der Waals surface area contributed by atoms with E-state index in [4.69, 9.17) is 14.2 Å². The minimum absolute atomic E-state index is 0.00287. The number of anilines is 1. The molecule has 2 aliphatic carbocycles. The van der Waals surface area contributed by atoms with Crippen LogP contribution < -0.4 is 5.32 Å². The molecule has 1 fully saturated rings. The van der Waals surface area contributed by atoms with Crippen molar-refractivity contribution in [2.24, 2.45) is 5.92 Å². The number of rotatable bonds is 9. The molecule has 1 saturated carbocycles. The molecule has 2 heterocycles. The Hall–Kier alpha value is -2.43. The first kappa shape index (κ1) is 28.6. The van der Waals surface area contributed by atoms with E-state index >= 15 is 0 Å². The molecular formula is C28H44N4O5Si. The van der Waals surface area contributed by atoms with E-state index in [0.717, 1.165) is 36.9 Å². The van der Waals surface area contributed by atoms with E-state index in [1.165, 1.54) is 0 Å². The van der Waals surface area contributed by atoms with Gasteiger partial charge in [0.05, 0.1) is 32.5 Å². The Morgan fingerprint density at radius 3 is 2.53 bits per heavy atom. The number of aromatic amines is 1. The molecule has 1 aromatic heterocycles. The van der Waals surface area contributed by atoms with Crippen LogP contribution in [0, 0.1) is 5.92 Å². The normalized spacial score (nSPS) is 22.5. The molecule has 0 bridgehead atoms. The fourth-order valence-corrected chi connectivity index (χ4v) is 8.24. The van der Waals surface area contributed by atoms with Gasteiger partial charge in [-0.15, -0.1) is 0 Å². The summed E-state index contributed by atoms with van der Waals surface area (Å²) >= 11 is 0. The quantitative estimate of drug-likeness (QED) is 0.305. The summed E-state index contributed by atoms with van der Waals surface area (Å²) in [6.07, 6.45) is 10.9. The number of aromatic nitrogens is 2. The van der Waals surface area contributed by atoms with Crippen LogP contribution in [-0.4, -0.2) is 60.8 Å². The van der Waals surface area contributed by atoms with Crippen LogP contribution in [0.3, 0.4) is 0 Å². The monoisotopic (exact) mass is 544 g/mol. The average molecular weight is 545 g/mol. The Labute approximate surface area is 227 Å². The molecule has 0 saturated heterocycles. The summed E-state index contributed by atoms with van der Waals surface area (Å²) in [5.41, 5.74) is 0.961. The fourth-order valence-electron chi connectivity index (χ4n) is 5.64. The van der Waals surface area contributed by atoms with Crippen molar-refractivity contribution < 1.29 is 23.8 Å². The number of carbonyl (C=O) groups is 2. The van der Waals surface area contributed by atoms with Gasteiger partial charge >= 0.3 is 6.09 Å². The highest BCUT2D eigenvalue weighted by atomic mass is 28.3. The number of carbonyl (C=O) groups excluding carboxylic acids is 2. The molecule has 9 nitrogen and oxygen atoms in total. The van der Waals surface area contributed by atoms with Gasteiger partial charge in [0.25, 0.3) is 0 Å². The summed E-state index contributed by atoms with van der Waals surface area (Å²) < 4.78 is 17.5. The lowest BCUT2D eigenvalue weighted by atomic mass is 9.83. The second-order valence-electron chi connectivity index (χ2n) is 12.8. The maximum Gasteiger partial charge on any atom is 0.411 e. The Morgan fingerprint density at radius 1 is 1.26 bits per heavy atom. The van der Waals surface area contributed by atoms with Gasteiger partial charge in [0.1, 0.15) is 6.10 Å². The van der Waals surface area contributed by atoms with E-state index in [1.807, 2.05) is 45.9 Å². The molecule has 38 heavy (non-hydrogen) atoms. The predicted molar refractivity (Wildman–Crippen MR) is 149 cm³/mol. The highest BCUT2D eigenvalue weighted by Crippen LogP contribution is 2.56. The molecule has 10 heteroatoms. The van der Waals surface area contributed by atoms with E-state index in [-0.39, 0.29) is 23.5 Å². The fraction of sp³-hybridized carbons (Fsp3) is 0.679. The van der Waals surface area contributed by atoms with E-state index in [2.05, 4.69) is 41.2 Å². The summed E-state index contributed by atoms with van der Waals surface area (Å²) in [5.74, 6) is -0.224. The first-order valence-electron chi connectivity index (χ1n) is 13.6. The zero-order valence-corrected chi connectivity index (χ0v) is 25.1. The van der Waals surface area contributed by atoms with Crippen molar-refractivity contribution in [3.8, 4) is 0 Å². The molecule has 0 aromatic carbocycles. The molecule has 2 amide bonds. The number of nitrogens with one attached hydrogen (secondary N) is 2. The molecule has 210 valence electrons. The number of methoxy groups -OCH3 is 1. The van der Waals surface area contributed by atoms with Gasteiger partial charge in [0, 0.05) is 23.6 Å². The Bertz CT molecular complexity index is 1110. The third-order valence-electron chi connectivity index (χ3n) is 8.83. The van der Waals surface area contributed by atoms with Crippen LogP contribution in [-0.2, 0) is 31.1 Å². The zero-order chi connectivity index (χ0) is 27.9. The lowest BCUT2D eigenvalue weighted by Crippen LogP contribution is -2.52. The molecule has 1 aromatic rings. The van der Waals surface area contributed by atoms with Crippen LogP contribution >= 0.6 is 0 Å². The van der Waals surface area contributed by atoms with Gasteiger partial charge in [-0.1, -0.05) is 50.4 Å². The van der Waals surface area contributed by atoms with Gasteiger partial charge in [-0.25, -0.2) is 4.79 Å². The van der Waals surface area contributed by atoms with Crippen LogP contribution in [0.1, 0.15) is 64.6 Å². The van der Waals surface area contributed by atoms with E-state index < -0.39 is 31.6 Å². The van der Waals surface area contributed by atoms with Crippen molar-refractivity contribution in [3.05, 3.63) is 35.6 Å². The van der Waals surface area contributed by atoms with Crippen molar-refractivity contribution in [1.29, 1.82) is 0 Å². The van der Waals surface area contributed by atoms with Gasteiger partial charge in [0.2, 0.25) is 5.91 Å². The lowest BCUT2D eigenvalue weighted by molar-refractivity contribution is -0.212. The van der Waals surface area contributed by atoms with E-state index in [1.54, 1.807) is 12.0 Å². The van der Waals surface area contributed by atoms with Gasteiger partial charge in [-0.3, -0.25) is 14.8 Å². The number of fused-ring (bicyclic) bond motifs is 1. The van der Waals surface area contributed by atoms with Crippen LogP contribution in [0.5, 0.6) is 0 Å². The number of hydrogen-bond donors (Lipinski definition) is 2. The summed E-state index contributed by atoms with van der Waals surface area (Å²) in [7, 11) is -0.142. The summed E-state index contributed by atoms with van der Waals surface area (Å²) in [6.45, 7) is 14.9. The first-order valence-corrected chi connectivity index (χ1v) is 17.1. The zero-order valence-electron chi connectivity index (χ0n) is 24.1. The number of ether oxygens (including phenoxy) is 3. The van der Waals surface area contributed by atoms with Crippen LogP contribution in [0.15, 0.2) is 24.3 Å². The number of amides is 2. The molecule has 1 unspecified atom stereocenters. The van der Waals surface area contributed by atoms with Crippen molar-refractivity contribution in [3.63, 3.8) is 0 Å². The second-order valence-corrected chi connectivity index (χ2v) is 18.2. The third kappa shape index (κ3) is 5.22. The Kier molecular flexibility index (Phi) is 7.73. The number of H-pyrrole nitrogens is 1. The molecule has 0 radical (unpaired) electrons. The molecule has 0 spiro atoms. The molecule has 4 rings (SSSR count). The molecule has 3 aliphatic rings. The molecular weight excluding hydrogens is 500 g/mol. The van der Waals surface area contributed by atoms with Gasteiger partial charge in [0.15, 0.2) is 11.6 Å². The van der Waals surface area contributed by atoms with Crippen molar-refractivity contribution in [2.45, 2.75) is 102 Å². The third-order valence-corrected chi connectivity index (χ3v) is 12.4. The maximum absolute atomic E-state index is 13.6. The first-order chi connectivity index (χ1) is 17.7. The van der Waals surface area contributed by atoms with Gasteiger partial charge in [-0.2, -0.15) is 5.10 Å². The number of allylic oxidation sites excluding steroid dienone is 3. The summed E-state index contributed by atoms with van der Waals surface area (Å²) in [4.78, 5) is 28.8. The topological polar surface area (TPSA) is 106 Å². The molecule has 2 atom stereocenters. The smallest absolute Gasteiger partial charge is 0.411 e. The second kappa shape index (κ2) is 10.3. The summed E-state index contributed by atoms with van der Waals surface area (Å²) in [6, 6.07) is 0. The van der Waals surface area contributed by atoms with E-state index in [0.29, 0.717) is 12.4 Å². The molecule has 1 aliphatic heterocycles. The van der Waals surface area contributed by atoms with Crippen LogP contribution in [0.2, 0.25) is 24.7 Å². The van der Waals surface area contributed by atoms with Crippen LogP contribution in [0.25, 0.3) is 0 Å². The highest BCUT2D eigenvalue weighted by Gasteiger charge is 2.54. The van der Waals surface area contributed by atoms with Crippen molar-refractivity contribution in [1.82, 2.24) is 15.1 Å². The van der Waals surface area contributed by atoms with Crippen LogP contribution in [0.4, 0.5) is 10.6 Å². The van der Waals surface area contributed by atoms with Crippen molar-refractivity contribution >= 4 is 25.9 Å². The standard InChI is InChI=1S/C28H44N4O5Si/c1-26(2)22-20(23(31-30-22)29-24(33)28(15-12-16-28)38(6,7)8)17-32(26)25(34)37-21(18-36-27(3,4)35-5)19-13-10-9-11-14-19/h9-11,13,19,21H,12,14-18H2,1-8H3,(H2,29,30,31,33)/t19?,21-/m1/s1. The number of hydrogen-bond acceptors (Lipinski definition) is 6. The van der Waals surface area contributed by atoms with Gasteiger partial charge < -0.3 is 19.5 Å². The minimum Gasteiger partial charge on any atom is -0.443 e. The van der Waals surface area contributed by atoms with E-state index in [9.17, 15) is 9.59 Å². The SMILES string of the molecule is COC(C)(C)OC[C@@H](OC(=O)N1Cc2c(NC(=O)C3([Si](C)(C)C)CCC3)n[nH]c2C1(C)C)C1C=CC=CC1. The van der Waals surface area contributed by atoms with Gasteiger partial charge in [-0.05, 0) is 47.0 Å². The highest BCUT2D eigenvalue weighted by molar-refractivity contribution is 6.83.